The number of aliphatic hydroxyl groups excluding tert-OH is 4. The number of hydrogen-bond acceptors (Lipinski definition) is 14. The van der Waals surface area contributed by atoms with E-state index in [-0.39, 0.29) is 36.1 Å². The summed E-state index contributed by atoms with van der Waals surface area (Å²) in [6, 6.07) is 0. The standard InChI is InChI=1S/C47H74O14/c1-10-26(2)36(49)16-13-15-33-21-32(48)22-34(59-33)19-18-27(3)37(17-12-11-14-31-25-56-46-42(31)35(47(52)55-9)20-28(4)43(46)50)60-40-24-39(54-8)45(30(6)58-40)61-41-23-38(53-7)44(51)29(5)57-41/h11-15,18,20,26,29-30,32-46,48-51H,10,16-17,19,21-25H2,1-9H3/b12-11+,15-13-,27-18+,31-14+/t26?,29?,30?,32?,33?,34?,35?,36?,37-,38?,39?,40-,41-,42?,43?,44-,45-,46?/m0/s1. The van der Waals surface area contributed by atoms with Gasteiger partial charge in [-0.1, -0.05) is 62.8 Å². The highest BCUT2D eigenvalue weighted by Gasteiger charge is 2.48. The first-order valence-corrected chi connectivity index (χ1v) is 22.3. The second-order valence-electron chi connectivity index (χ2n) is 17.6. The Kier molecular flexibility index (Phi) is 19.2. The fourth-order valence-corrected chi connectivity index (χ4v) is 9.15. The lowest BCUT2D eigenvalue weighted by Gasteiger charge is -2.44. The van der Waals surface area contributed by atoms with Crippen LogP contribution >= 0.6 is 0 Å². The van der Waals surface area contributed by atoms with Gasteiger partial charge in [0.15, 0.2) is 12.6 Å². The van der Waals surface area contributed by atoms with Gasteiger partial charge in [-0.15, -0.1) is 0 Å². The monoisotopic (exact) mass is 863 g/mol. The van der Waals surface area contributed by atoms with Crippen molar-refractivity contribution >= 4 is 5.97 Å². The normalized spacial score (nSPS) is 39.6. The molecule has 4 aliphatic heterocycles. The van der Waals surface area contributed by atoms with Crippen molar-refractivity contribution in [3.8, 4) is 0 Å². The topological polar surface area (TPSA) is 181 Å². The Morgan fingerprint density at radius 1 is 0.951 bits per heavy atom. The molecule has 5 rings (SSSR count). The molecular weight excluding hydrogens is 789 g/mol. The summed E-state index contributed by atoms with van der Waals surface area (Å²) in [6.45, 7) is 11.9. The zero-order valence-corrected chi connectivity index (χ0v) is 37.7. The van der Waals surface area contributed by atoms with Gasteiger partial charge in [-0.3, -0.25) is 4.79 Å². The SMILES string of the molecule is CCC(C)C(O)C/C=C\C1CC(O)CC(C/C=C(\C)[C@H](C/C=C/C=C2\COC3C(O)C(C)=CC(C(=O)OC)C23)O[C@H]2CC(OC)[C@@H](O[C@H]3CC(OC)[C@@H](O)C(C)O3)C(C)O2)O1. The van der Waals surface area contributed by atoms with E-state index >= 15 is 0 Å². The molecule has 1 aliphatic carbocycles. The van der Waals surface area contributed by atoms with Crippen molar-refractivity contribution in [2.75, 3.05) is 27.9 Å². The van der Waals surface area contributed by atoms with Crippen LogP contribution in [-0.2, 0) is 47.4 Å². The first kappa shape index (κ1) is 49.7. The van der Waals surface area contributed by atoms with Gasteiger partial charge in [-0.2, -0.15) is 0 Å². The van der Waals surface area contributed by atoms with Gasteiger partial charge in [0, 0.05) is 39.4 Å². The number of aliphatic hydroxyl groups is 4. The highest BCUT2D eigenvalue weighted by atomic mass is 16.7. The zero-order valence-electron chi connectivity index (χ0n) is 37.7. The van der Waals surface area contributed by atoms with Crippen molar-refractivity contribution in [2.24, 2.45) is 17.8 Å². The molecule has 0 spiro atoms. The third-order valence-corrected chi connectivity index (χ3v) is 13.3. The van der Waals surface area contributed by atoms with E-state index in [0.29, 0.717) is 57.1 Å². The Morgan fingerprint density at radius 2 is 1.67 bits per heavy atom. The second-order valence-corrected chi connectivity index (χ2v) is 17.6. The Bertz CT molecular complexity index is 1540. The van der Waals surface area contributed by atoms with Crippen molar-refractivity contribution in [1.29, 1.82) is 0 Å². The van der Waals surface area contributed by atoms with E-state index in [1.807, 2.05) is 51.2 Å². The summed E-state index contributed by atoms with van der Waals surface area (Å²) in [5.41, 5.74) is 2.56. The maximum Gasteiger partial charge on any atom is 0.313 e. The van der Waals surface area contributed by atoms with Crippen LogP contribution in [0.4, 0.5) is 0 Å². The summed E-state index contributed by atoms with van der Waals surface area (Å²) in [4.78, 5) is 12.8. The number of ether oxygens (including phenoxy) is 9. The van der Waals surface area contributed by atoms with Crippen LogP contribution in [0.2, 0.25) is 0 Å². The molecule has 346 valence electrons. The van der Waals surface area contributed by atoms with Crippen molar-refractivity contribution in [2.45, 2.75) is 185 Å². The van der Waals surface area contributed by atoms with Gasteiger partial charge in [0.1, 0.15) is 18.3 Å². The summed E-state index contributed by atoms with van der Waals surface area (Å²) < 4.78 is 54.6. The van der Waals surface area contributed by atoms with Crippen LogP contribution in [0.15, 0.2) is 59.3 Å². The predicted octanol–water partition coefficient (Wildman–Crippen LogP) is 5.01. The lowest BCUT2D eigenvalue weighted by atomic mass is 9.75. The molecule has 18 atom stereocenters. The summed E-state index contributed by atoms with van der Waals surface area (Å²) >= 11 is 0. The lowest BCUT2D eigenvalue weighted by molar-refractivity contribution is -0.317. The fraction of sp³-hybridized carbons (Fsp3) is 0.766. The van der Waals surface area contributed by atoms with Gasteiger partial charge in [0.05, 0.1) is 80.7 Å². The molecule has 4 N–H and O–H groups in total. The van der Waals surface area contributed by atoms with Crippen LogP contribution in [0.5, 0.6) is 0 Å². The third kappa shape index (κ3) is 13.1. The first-order valence-electron chi connectivity index (χ1n) is 22.3. The van der Waals surface area contributed by atoms with Gasteiger partial charge >= 0.3 is 5.97 Å². The van der Waals surface area contributed by atoms with E-state index in [4.69, 9.17) is 42.6 Å². The van der Waals surface area contributed by atoms with Gasteiger partial charge in [-0.25, -0.2) is 0 Å². The molecule has 14 nitrogen and oxygen atoms in total. The smallest absolute Gasteiger partial charge is 0.313 e. The maximum atomic E-state index is 12.8. The van der Waals surface area contributed by atoms with Gasteiger partial charge in [0.25, 0.3) is 0 Å². The number of esters is 1. The Hall–Kier alpha value is -2.31. The minimum absolute atomic E-state index is 0.207. The molecule has 4 fully saturated rings. The van der Waals surface area contributed by atoms with E-state index < -0.39 is 79.5 Å². The lowest BCUT2D eigenvalue weighted by Crippen LogP contribution is -2.55. The number of rotatable bonds is 18. The Balaban J connectivity index is 1.29. The molecule has 0 bridgehead atoms. The van der Waals surface area contributed by atoms with Crippen molar-refractivity contribution < 1.29 is 67.9 Å². The van der Waals surface area contributed by atoms with E-state index in [1.165, 1.54) is 7.11 Å². The molecule has 4 saturated heterocycles. The minimum Gasteiger partial charge on any atom is -0.469 e. The molecule has 5 aliphatic rings. The average Bonchev–Trinajstić information content (AvgIpc) is 3.67. The average molecular weight is 863 g/mol. The summed E-state index contributed by atoms with van der Waals surface area (Å²) in [6.07, 6.45) is 10.7. The fourth-order valence-electron chi connectivity index (χ4n) is 9.15. The van der Waals surface area contributed by atoms with Crippen molar-refractivity contribution in [3.05, 3.63) is 59.3 Å². The largest absolute Gasteiger partial charge is 0.469 e. The van der Waals surface area contributed by atoms with Crippen LogP contribution in [0.1, 0.15) is 92.9 Å². The van der Waals surface area contributed by atoms with Crippen LogP contribution in [0.25, 0.3) is 0 Å². The van der Waals surface area contributed by atoms with E-state index in [9.17, 15) is 25.2 Å². The number of allylic oxidation sites excluding steroid dienone is 2. The predicted molar refractivity (Wildman–Crippen MR) is 227 cm³/mol. The van der Waals surface area contributed by atoms with Crippen LogP contribution in [0, 0.1) is 17.8 Å². The summed E-state index contributed by atoms with van der Waals surface area (Å²) in [5, 5.41) is 42.5. The number of carbonyl (C=O) groups is 1. The quantitative estimate of drug-likeness (QED) is 0.107. The first-order chi connectivity index (χ1) is 29.2. The Morgan fingerprint density at radius 3 is 2.38 bits per heavy atom. The van der Waals surface area contributed by atoms with Gasteiger partial charge in [-0.05, 0) is 76.0 Å². The molecule has 0 aromatic rings. The molecule has 0 saturated carbocycles. The van der Waals surface area contributed by atoms with Gasteiger partial charge in [0.2, 0.25) is 0 Å². The number of methoxy groups -OCH3 is 3. The van der Waals surface area contributed by atoms with Gasteiger partial charge < -0.3 is 63.1 Å². The minimum atomic E-state index is -0.804. The van der Waals surface area contributed by atoms with Crippen molar-refractivity contribution in [3.63, 3.8) is 0 Å². The molecule has 61 heavy (non-hydrogen) atoms. The molecular formula is C47H74O14. The Labute approximate surface area is 362 Å². The molecule has 0 radical (unpaired) electrons. The molecule has 4 heterocycles. The molecule has 0 aromatic carbocycles. The van der Waals surface area contributed by atoms with Crippen molar-refractivity contribution in [1.82, 2.24) is 0 Å². The number of fused-ring (bicyclic) bond motifs is 1. The zero-order chi connectivity index (χ0) is 44.4. The molecule has 0 aromatic heterocycles. The van der Waals surface area contributed by atoms with Crippen LogP contribution in [-0.4, -0.2) is 146 Å². The molecule has 14 heteroatoms. The molecule has 13 unspecified atom stereocenters. The van der Waals surface area contributed by atoms with Crippen LogP contribution in [0.3, 0.4) is 0 Å². The van der Waals surface area contributed by atoms with Crippen LogP contribution < -0.4 is 0 Å². The number of hydrogen-bond donors (Lipinski definition) is 4. The molecule has 0 amide bonds. The number of carbonyl (C=O) groups excluding carboxylic acids is 1. The van der Waals surface area contributed by atoms with E-state index in [0.717, 1.165) is 17.6 Å². The maximum absolute atomic E-state index is 12.8. The van der Waals surface area contributed by atoms with E-state index in [1.54, 1.807) is 34.1 Å². The summed E-state index contributed by atoms with van der Waals surface area (Å²) in [5.74, 6) is -1.06. The highest BCUT2D eigenvalue weighted by Crippen LogP contribution is 2.42. The third-order valence-electron chi connectivity index (χ3n) is 13.3. The summed E-state index contributed by atoms with van der Waals surface area (Å²) in [7, 11) is 4.57. The highest BCUT2D eigenvalue weighted by molar-refractivity contribution is 5.76. The second kappa shape index (κ2) is 23.6. The van der Waals surface area contributed by atoms with E-state index in [2.05, 4.69) is 13.0 Å².